The highest BCUT2D eigenvalue weighted by Crippen LogP contribution is 2.27. The first-order valence-corrected chi connectivity index (χ1v) is 6.71. The van der Waals surface area contributed by atoms with E-state index in [0.717, 1.165) is 17.7 Å². The van der Waals surface area contributed by atoms with Gasteiger partial charge in [0.05, 0.1) is 18.1 Å². The van der Waals surface area contributed by atoms with Gasteiger partial charge in [0.25, 0.3) is 0 Å². The van der Waals surface area contributed by atoms with Crippen molar-refractivity contribution in [2.75, 3.05) is 13.7 Å². The first kappa shape index (κ1) is 15.5. The minimum absolute atomic E-state index is 0.250. The van der Waals surface area contributed by atoms with E-state index in [9.17, 15) is 0 Å². The third-order valence-corrected chi connectivity index (χ3v) is 3.36. The van der Waals surface area contributed by atoms with E-state index in [1.807, 2.05) is 20.9 Å². The molecular weight excluding hydrogens is 236 g/mol. The van der Waals surface area contributed by atoms with Crippen molar-refractivity contribution in [2.45, 2.75) is 40.2 Å². The monoisotopic (exact) mass is 260 g/mol. The van der Waals surface area contributed by atoms with Gasteiger partial charge in [0, 0.05) is 11.6 Å². The second-order valence-electron chi connectivity index (χ2n) is 5.65. The standard InChI is InChI=1S/C16H24N2O/c1-12-6-7-14(13(2)18-5)15(10-12)19-9-8-16(3,4)11-17/h6-7,10,13,18H,8-9H2,1-5H3. The predicted molar refractivity (Wildman–Crippen MR) is 78.2 cm³/mol. The van der Waals surface area contributed by atoms with Crippen molar-refractivity contribution < 1.29 is 4.74 Å². The molecule has 1 rings (SSSR count). The summed E-state index contributed by atoms with van der Waals surface area (Å²) in [7, 11) is 1.94. The molecule has 3 heteroatoms. The number of hydrogen-bond acceptors (Lipinski definition) is 3. The van der Waals surface area contributed by atoms with E-state index in [1.54, 1.807) is 0 Å². The van der Waals surface area contributed by atoms with Crippen molar-refractivity contribution in [1.29, 1.82) is 5.26 Å². The summed E-state index contributed by atoms with van der Waals surface area (Å²) in [4.78, 5) is 0. The van der Waals surface area contributed by atoms with E-state index in [2.05, 4.69) is 43.4 Å². The van der Waals surface area contributed by atoms with Crippen molar-refractivity contribution >= 4 is 0 Å². The average molecular weight is 260 g/mol. The number of ether oxygens (including phenoxy) is 1. The van der Waals surface area contributed by atoms with Crippen LogP contribution >= 0.6 is 0 Å². The van der Waals surface area contributed by atoms with E-state index >= 15 is 0 Å². The summed E-state index contributed by atoms with van der Waals surface area (Å²) >= 11 is 0. The molecule has 1 aromatic rings. The molecule has 0 aromatic heterocycles. The number of nitrogens with zero attached hydrogens (tertiary/aromatic N) is 1. The van der Waals surface area contributed by atoms with Gasteiger partial charge in [-0.25, -0.2) is 0 Å². The van der Waals surface area contributed by atoms with Crippen LogP contribution in [0.15, 0.2) is 18.2 Å². The van der Waals surface area contributed by atoms with Crippen molar-refractivity contribution in [3.8, 4) is 11.8 Å². The molecule has 0 saturated carbocycles. The molecule has 1 atom stereocenters. The fourth-order valence-electron chi connectivity index (χ4n) is 1.75. The molecule has 0 saturated heterocycles. The van der Waals surface area contributed by atoms with Crippen molar-refractivity contribution in [2.24, 2.45) is 5.41 Å². The molecule has 0 amide bonds. The SMILES string of the molecule is CNC(C)c1ccc(C)cc1OCCC(C)(C)C#N. The summed E-state index contributed by atoms with van der Waals surface area (Å²) < 4.78 is 5.89. The predicted octanol–water partition coefficient (Wildman–Crippen LogP) is 3.59. The molecule has 0 bridgehead atoms. The lowest BCUT2D eigenvalue weighted by Gasteiger charge is -2.19. The molecule has 0 aliphatic rings. The van der Waals surface area contributed by atoms with Gasteiger partial charge in [-0.2, -0.15) is 5.26 Å². The zero-order valence-corrected chi connectivity index (χ0v) is 12.6. The van der Waals surface area contributed by atoms with E-state index in [4.69, 9.17) is 10.00 Å². The third-order valence-electron chi connectivity index (χ3n) is 3.36. The van der Waals surface area contributed by atoms with Crippen LogP contribution in [0.4, 0.5) is 0 Å². The maximum Gasteiger partial charge on any atom is 0.124 e. The van der Waals surface area contributed by atoms with Crippen LogP contribution in [0.25, 0.3) is 0 Å². The number of benzene rings is 1. The smallest absolute Gasteiger partial charge is 0.124 e. The van der Waals surface area contributed by atoms with Crippen LogP contribution in [-0.2, 0) is 0 Å². The van der Waals surface area contributed by atoms with E-state index in [-0.39, 0.29) is 11.5 Å². The summed E-state index contributed by atoms with van der Waals surface area (Å²) in [5, 5.41) is 12.2. The van der Waals surface area contributed by atoms with Gasteiger partial charge in [0.2, 0.25) is 0 Å². The number of hydrogen-bond donors (Lipinski definition) is 1. The molecular formula is C16H24N2O. The highest BCUT2D eigenvalue weighted by atomic mass is 16.5. The Morgan fingerprint density at radius 3 is 2.68 bits per heavy atom. The summed E-state index contributed by atoms with van der Waals surface area (Å²) in [6.45, 7) is 8.59. The molecule has 1 unspecified atom stereocenters. The first-order chi connectivity index (χ1) is 8.89. The topological polar surface area (TPSA) is 45.0 Å². The molecule has 1 N–H and O–H groups in total. The minimum Gasteiger partial charge on any atom is -0.493 e. The van der Waals surface area contributed by atoms with E-state index in [0.29, 0.717) is 6.61 Å². The summed E-state index contributed by atoms with van der Waals surface area (Å²) in [6, 6.07) is 8.79. The minimum atomic E-state index is -0.335. The maximum absolute atomic E-state index is 9.00. The summed E-state index contributed by atoms with van der Waals surface area (Å²) in [6.07, 6.45) is 0.727. The second-order valence-corrected chi connectivity index (χ2v) is 5.65. The van der Waals surface area contributed by atoms with Crippen molar-refractivity contribution in [3.05, 3.63) is 29.3 Å². The number of nitrogens with one attached hydrogen (secondary N) is 1. The number of aryl methyl sites for hydroxylation is 1. The molecule has 0 aliphatic heterocycles. The van der Waals surface area contributed by atoms with Crippen LogP contribution in [0.1, 0.15) is 44.4 Å². The normalized spacial score (nSPS) is 12.8. The van der Waals surface area contributed by atoms with Crippen LogP contribution in [0.5, 0.6) is 5.75 Å². The molecule has 0 spiro atoms. The zero-order chi connectivity index (χ0) is 14.5. The lowest BCUT2D eigenvalue weighted by Crippen LogP contribution is -2.16. The van der Waals surface area contributed by atoms with E-state index < -0.39 is 0 Å². The first-order valence-electron chi connectivity index (χ1n) is 6.71. The van der Waals surface area contributed by atoms with Crippen molar-refractivity contribution in [3.63, 3.8) is 0 Å². The Labute approximate surface area is 116 Å². The molecule has 1 aromatic carbocycles. The van der Waals surface area contributed by atoms with Gasteiger partial charge in [0.1, 0.15) is 5.75 Å². The quantitative estimate of drug-likeness (QED) is 0.850. The lowest BCUT2D eigenvalue weighted by molar-refractivity contribution is 0.260. The summed E-state index contributed by atoms with van der Waals surface area (Å²) in [5.41, 5.74) is 2.00. The molecule has 0 aliphatic carbocycles. The largest absolute Gasteiger partial charge is 0.493 e. The van der Waals surface area contributed by atoms with Gasteiger partial charge in [-0.15, -0.1) is 0 Å². The Hall–Kier alpha value is -1.53. The Morgan fingerprint density at radius 2 is 2.11 bits per heavy atom. The molecule has 0 fully saturated rings. The Kier molecular flexibility index (Phi) is 5.38. The fourth-order valence-corrected chi connectivity index (χ4v) is 1.75. The maximum atomic E-state index is 9.00. The van der Waals surface area contributed by atoms with Gasteiger partial charge in [-0.1, -0.05) is 12.1 Å². The fraction of sp³-hybridized carbons (Fsp3) is 0.562. The zero-order valence-electron chi connectivity index (χ0n) is 12.6. The third kappa shape index (κ3) is 4.57. The Balaban J connectivity index is 2.77. The average Bonchev–Trinajstić information content (AvgIpc) is 2.38. The highest BCUT2D eigenvalue weighted by molar-refractivity contribution is 5.39. The van der Waals surface area contributed by atoms with Gasteiger partial charge in [-0.05, 0) is 52.8 Å². The van der Waals surface area contributed by atoms with Gasteiger partial charge < -0.3 is 10.1 Å². The lowest BCUT2D eigenvalue weighted by atomic mass is 9.92. The molecule has 3 nitrogen and oxygen atoms in total. The van der Waals surface area contributed by atoms with E-state index in [1.165, 1.54) is 5.56 Å². The van der Waals surface area contributed by atoms with Crippen LogP contribution < -0.4 is 10.1 Å². The number of nitriles is 1. The van der Waals surface area contributed by atoms with Crippen LogP contribution in [0.3, 0.4) is 0 Å². The van der Waals surface area contributed by atoms with Crippen LogP contribution in [-0.4, -0.2) is 13.7 Å². The Morgan fingerprint density at radius 1 is 1.42 bits per heavy atom. The molecule has 0 radical (unpaired) electrons. The second kappa shape index (κ2) is 6.58. The van der Waals surface area contributed by atoms with Gasteiger partial charge in [-0.3, -0.25) is 0 Å². The highest BCUT2D eigenvalue weighted by Gasteiger charge is 2.17. The molecule has 19 heavy (non-hydrogen) atoms. The Bertz CT molecular complexity index is 460. The molecule has 104 valence electrons. The van der Waals surface area contributed by atoms with Crippen molar-refractivity contribution in [1.82, 2.24) is 5.32 Å². The number of rotatable bonds is 6. The van der Waals surface area contributed by atoms with Gasteiger partial charge in [0.15, 0.2) is 0 Å². The van der Waals surface area contributed by atoms with Gasteiger partial charge >= 0.3 is 0 Å². The van der Waals surface area contributed by atoms with Crippen LogP contribution in [0, 0.1) is 23.7 Å². The van der Waals surface area contributed by atoms with Crippen LogP contribution in [0.2, 0.25) is 0 Å². The summed E-state index contributed by atoms with van der Waals surface area (Å²) in [5.74, 6) is 0.913. The molecule has 0 heterocycles.